The van der Waals surface area contributed by atoms with Crippen molar-refractivity contribution in [2.75, 3.05) is 24.0 Å². The Morgan fingerprint density at radius 1 is 1.50 bits per heavy atom. The van der Waals surface area contributed by atoms with E-state index < -0.39 is 9.52 Å². The van der Waals surface area contributed by atoms with Crippen molar-refractivity contribution in [3.05, 3.63) is 30.2 Å². The quantitative estimate of drug-likeness (QED) is 0.785. The van der Waals surface area contributed by atoms with Crippen molar-refractivity contribution in [1.29, 1.82) is 0 Å². The van der Waals surface area contributed by atoms with E-state index in [0.29, 0.717) is 5.75 Å². The summed E-state index contributed by atoms with van der Waals surface area (Å²) in [5.41, 5.74) is 1.73. The maximum Gasteiger partial charge on any atom is 0.228 e. The highest BCUT2D eigenvalue weighted by Crippen LogP contribution is 2.33. The molecule has 0 saturated heterocycles. The van der Waals surface area contributed by atoms with Gasteiger partial charge in [-0.25, -0.2) is 4.98 Å². The predicted octanol–water partition coefficient (Wildman–Crippen LogP) is 2.21. The van der Waals surface area contributed by atoms with E-state index in [1.54, 1.807) is 30.6 Å². The van der Waals surface area contributed by atoms with E-state index in [2.05, 4.69) is 15.8 Å². The van der Waals surface area contributed by atoms with Crippen molar-refractivity contribution in [2.24, 2.45) is 0 Å². The molecule has 0 fully saturated rings. The standard InChI is InChI=1S/C15H19N3O2S2/c1-11-15(18(2)13(19)7-9-22(3,4)20)21-14(17-11)12-6-5-8-16-10-12/h5-6,8,10H,3,7,9H2,1-2,4H3. The van der Waals surface area contributed by atoms with Crippen molar-refractivity contribution >= 4 is 37.6 Å². The number of carbonyl (C=O) groups excluding carboxylic acids is 1. The lowest BCUT2D eigenvalue weighted by Crippen LogP contribution is -2.27. The SMILES string of the molecule is C=S(C)(=O)CCC(=O)N(C)c1sc(-c2cccnc2)nc1C. The zero-order chi connectivity index (χ0) is 16.3. The molecule has 0 saturated carbocycles. The molecule has 0 spiro atoms. The third kappa shape index (κ3) is 4.14. The number of pyridine rings is 1. The van der Waals surface area contributed by atoms with Gasteiger partial charge in [0.05, 0.1) is 5.69 Å². The van der Waals surface area contributed by atoms with Gasteiger partial charge in [-0.3, -0.25) is 14.0 Å². The van der Waals surface area contributed by atoms with E-state index in [9.17, 15) is 9.00 Å². The molecule has 7 heteroatoms. The van der Waals surface area contributed by atoms with Gasteiger partial charge in [0.25, 0.3) is 0 Å². The lowest BCUT2D eigenvalue weighted by Gasteiger charge is -2.15. The summed E-state index contributed by atoms with van der Waals surface area (Å²) in [5, 5.41) is 1.63. The second-order valence-electron chi connectivity index (χ2n) is 5.24. The van der Waals surface area contributed by atoms with Gasteiger partial charge in [-0.1, -0.05) is 11.3 Å². The van der Waals surface area contributed by atoms with E-state index in [4.69, 9.17) is 0 Å². The molecular formula is C15H19N3O2S2. The molecule has 2 heterocycles. The third-order valence-corrected chi connectivity index (χ3v) is 5.46. The van der Waals surface area contributed by atoms with Gasteiger partial charge in [-0.15, -0.1) is 0 Å². The molecule has 0 aliphatic rings. The van der Waals surface area contributed by atoms with Crippen LogP contribution in [0, 0.1) is 6.92 Å². The molecule has 0 N–H and O–H groups in total. The van der Waals surface area contributed by atoms with Crippen molar-refractivity contribution in [1.82, 2.24) is 9.97 Å². The Bertz CT molecular complexity index is 767. The number of carbonyl (C=O) groups is 1. The fourth-order valence-electron chi connectivity index (χ4n) is 1.90. The van der Waals surface area contributed by atoms with Gasteiger partial charge in [-0.05, 0) is 34.4 Å². The molecule has 0 aliphatic carbocycles. The maximum absolute atomic E-state index is 12.2. The van der Waals surface area contributed by atoms with Crippen LogP contribution < -0.4 is 4.90 Å². The molecule has 0 aliphatic heterocycles. The predicted molar refractivity (Wildman–Crippen MR) is 94.2 cm³/mol. The first-order chi connectivity index (χ1) is 10.3. The highest BCUT2D eigenvalue weighted by molar-refractivity contribution is 7.99. The van der Waals surface area contributed by atoms with Gasteiger partial charge >= 0.3 is 0 Å². The van der Waals surface area contributed by atoms with Gasteiger partial charge in [-0.2, -0.15) is 0 Å². The fourth-order valence-corrected chi connectivity index (χ4v) is 3.54. The van der Waals surface area contributed by atoms with Crippen LogP contribution in [0.2, 0.25) is 0 Å². The fraction of sp³-hybridized carbons (Fsp3) is 0.333. The molecule has 22 heavy (non-hydrogen) atoms. The smallest absolute Gasteiger partial charge is 0.228 e. The maximum atomic E-state index is 12.2. The molecule has 0 bridgehead atoms. The number of aromatic nitrogens is 2. The van der Waals surface area contributed by atoms with Crippen LogP contribution in [0.1, 0.15) is 12.1 Å². The van der Waals surface area contributed by atoms with Crippen molar-refractivity contribution in [3.8, 4) is 10.6 Å². The Kier molecular flexibility index (Phi) is 4.97. The van der Waals surface area contributed by atoms with Gasteiger partial charge in [0.2, 0.25) is 5.91 Å². The molecule has 0 aromatic carbocycles. The molecular weight excluding hydrogens is 318 g/mol. The monoisotopic (exact) mass is 337 g/mol. The molecule has 118 valence electrons. The molecule has 1 amide bonds. The van der Waals surface area contributed by atoms with Crippen LogP contribution in [-0.4, -0.2) is 45.0 Å². The summed E-state index contributed by atoms with van der Waals surface area (Å²) in [6, 6.07) is 3.79. The summed E-state index contributed by atoms with van der Waals surface area (Å²) in [6.07, 6.45) is 5.24. The van der Waals surface area contributed by atoms with Crippen LogP contribution in [0.25, 0.3) is 10.6 Å². The van der Waals surface area contributed by atoms with Gasteiger partial charge < -0.3 is 4.90 Å². The highest BCUT2D eigenvalue weighted by Gasteiger charge is 2.18. The Balaban J connectivity index is 2.19. The van der Waals surface area contributed by atoms with Gasteiger partial charge in [0, 0.05) is 43.4 Å². The summed E-state index contributed by atoms with van der Waals surface area (Å²) >= 11 is 1.45. The number of nitrogens with zero attached hydrogens (tertiary/aromatic N) is 3. The lowest BCUT2D eigenvalue weighted by atomic mass is 10.3. The van der Waals surface area contributed by atoms with E-state index in [-0.39, 0.29) is 12.3 Å². The van der Waals surface area contributed by atoms with Crippen molar-refractivity contribution in [3.63, 3.8) is 0 Å². The zero-order valence-electron chi connectivity index (χ0n) is 12.9. The number of amides is 1. The second kappa shape index (κ2) is 6.58. The Morgan fingerprint density at radius 2 is 2.23 bits per heavy atom. The van der Waals surface area contributed by atoms with Crippen molar-refractivity contribution in [2.45, 2.75) is 13.3 Å². The first kappa shape index (κ1) is 16.6. The Labute approximate surface area is 135 Å². The van der Waals surface area contributed by atoms with Crippen LogP contribution in [0.4, 0.5) is 5.00 Å². The molecule has 2 aromatic heterocycles. The van der Waals surface area contributed by atoms with Crippen LogP contribution in [0.15, 0.2) is 24.5 Å². The van der Waals surface area contributed by atoms with Gasteiger partial charge in [0.1, 0.15) is 10.0 Å². The van der Waals surface area contributed by atoms with E-state index in [1.807, 2.05) is 19.1 Å². The average Bonchev–Trinajstić information content (AvgIpc) is 2.86. The number of rotatable bonds is 5. The molecule has 1 atom stereocenters. The molecule has 2 rings (SSSR count). The first-order valence-corrected chi connectivity index (χ1v) is 9.84. The first-order valence-electron chi connectivity index (χ1n) is 6.72. The lowest BCUT2D eigenvalue weighted by molar-refractivity contribution is -0.117. The number of hydrogen-bond donors (Lipinski definition) is 0. The summed E-state index contributed by atoms with van der Waals surface area (Å²) in [6.45, 7) is 1.87. The van der Waals surface area contributed by atoms with E-state index in [1.165, 1.54) is 11.3 Å². The third-order valence-electron chi connectivity index (χ3n) is 3.11. The van der Waals surface area contributed by atoms with E-state index in [0.717, 1.165) is 21.3 Å². The topological polar surface area (TPSA) is 63.2 Å². The zero-order valence-corrected chi connectivity index (χ0v) is 14.5. The number of hydrogen-bond acceptors (Lipinski definition) is 5. The van der Waals surface area contributed by atoms with Gasteiger partial charge in [0.15, 0.2) is 0 Å². The van der Waals surface area contributed by atoms with E-state index >= 15 is 0 Å². The molecule has 0 radical (unpaired) electrons. The minimum Gasteiger partial charge on any atom is -0.305 e. The molecule has 5 nitrogen and oxygen atoms in total. The number of anilines is 1. The largest absolute Gasteiger partial charge is 0.305 e. The number of aryl methyl sites for hydroxylation is 1. The van der Waals surface area contributed by atoms with Crippen molar-refractivity contribution < 1.29 is 9.00 Å². The Morgan fingerprint density at radius 3 is 2.82 bits per heavy atom. The average molecular weight is 337 g/mol. The summed E-state index contributed by atoms with van der Waals surface area (Å²) in [7, 11) is -0.432. The van der Waals surface area contributed by atoms with Crippen LogP contribution in [-0.2, 0) is 14.3 Å². The molecule has 2 aromatic rings. The minimum absolute atomic E-state index is 0.0808. The second-order valence-corrected chi connectivity index (χ2v) is 9.00. The normalized spacial score (nSPS) is 13.6. The Hall–Kier alpha value is -1.73. The summed E-state index contributed by atoms with van der Waals surface area (Å²) in [5.74, 6) is 3.79. The minimum atomic E-state index is -2.15. The number of thiazole rings is 1. The van der Waals surface area contributed by atoms with Crippen LogP contribution in [0.3, 0.4) is 0 Å². The van der Waals surface area contributed by atoms with Crippen LogP contribution >= 0.6 is 11.3 Å². The van der Waals surface area contributed by atoms with Crippen LogP contribution in [0.5, 0.6) is 0 Å². The summed E-state index contributed by atoms with van der Waals surface area (Å²) in [4.78, 5) is 22.4. The summed E-state index contributed by atoms with van der Waals surface area (Å²) < 4.78 is 11.6. The molecule has 1 unspecified atom stereocenters. The highest BCUT2D eigenvalue weighted by atomic mass is 32.2.